The molecule has 112 valence electrons. The summed E-state index contributed by atoms with van der Waals surface area (Å²) < 4.78 is 0. The number of amides is 1. The zero-order valence-electron chi connectivity index (χ0n) is 12.9. The molecule has 20 heavy (non-hydrogen) atoms. The van der Waals surface area contributed by atoms with Crippen LogP contribution in [-0.2, 0) is 0 Å². The van der Waals surface area contributed by atoms with Crippen molar-refractivity contribution < 1.29 is 4.79 Å². The van der Waals surface area contributed by atoms with Gasteiger partial charge >= 0.3 is 0 Å². The Bertz CT molecular complexity index is 434. The van der Waals surface area contributed by atoms with Gasteiger partial charge in [0.2, 0.25) is 5.95 Å². The van der Waals surface area contributed by atoms with E-state index in [4.69, 9.17) is 0 Å². The van der Waals surface area contributed by atoms with Crippen LogP contribution in [0.1, 0.15) is 35.9 Å². The average Bonchev–Trinajstić information content (AvgIpc) is 2.40. The van der Waals surface area contributed by atoms with Crippen LogP contribution in [0.4, 0.5) is 5.95 Å². The summed E-state index contributed by atoms with van der Waals surface area (Å²) in [4.78, 5) is 22.6. The first-order valence-corrected chi connectivity index (χ1v) is 7.05. The highest BCUT2D eigenvalue weighted by atomic mass is 16.1. The molecule has 0 aliphatic carbocycles. The van der Waals surface area contributed by atoms with Gasteiger partial charge in [0, 0.05) is 18.8 Å². The molecule has 2 N–H and O–H groups in total. The molecule has 1 rings (SSSR count). The second-order valence-electron chi connectivity index (χ2n) is 5.06. The van der Waals surface area contributed by atoms with Gasteiger partial charge < -0.3 is 15.5 Å². The molecule has 0 aliphatic heterocycles. The number of carbonyl (C=O) groups excluding carboxylic acids is 1. The van der Waals surface area contributed by atoms with Gasteiger partial charge in [-0.05, 0) is 46.5 Å². The molecule has 1 heterocycles. The smallest absolute Gasteiger partial charge is 0.270 e. The fraction of sp³-hybridized carbons (Fsp3) is 0.643. The second-order valence-corrected chi connectivity index (χ2v) is 5.06. The van der Waals surface area contributed by atoms with Crippen LogP contribution in [0.3, 0.4) is 0 Å². The van der Waals surface area contributed by atoms with Crippen molar-refractivity contribution in [2.45, 2.75) is 26.7 Å². The van der Waals surface area contributed by atoms with Gasteiger partial charge in [-0.3, -0.25) is 4.79 Å². The molecule has 0 bridgehead atoms. The number of hydrogen-bond acceptors (Lipinski definition) is 5. The highest BCUT2D eigenvalue weighted by Gasteiger charge is 2.09. The number of aryl methyl sites for hydroxylation is 1. The first-order chi connectivity index (χ1) is 9.52. The summed E-state index contributed by atoms with van der Waals surface area (Å²) >= 11 is 0. The molecule has 0 radical (unpaired) electrons. The molecule has 1 aromatic heterocycles. The number of aromatic nitrogens is 2. The summed E-state index contributed by atoms with van der Waals surface area (Å²) in [7, 11) is 4.03. The molecule has 0 aromatic carbocycles. The van der Waals surface area contributed by atoms with Crippen molar-refractivity contribution >= 4 is 11.9 Å². The lowest BCUT2D eigenvalue weighted by atomic mass is 10.3. The maximum absolute atomic E-state index is 12.0. The number of nitrogens with zero attached hydrogens (tertiary/aromatic N) is 3. The average molecular weight is 279 g/mol. The third-order valence-corrected chi connectivity index (χ3v) is 2.69. The normalized spacial score (nSPS) is 10.7. The minimum absolute atomic E-state index is 0.145. The molecule has 1 aromatic rings. The maximum Gasteiger partial charge on any atom is 0.270 e. The van der Waals surface area contributed by atoms with Crippen LogP contribution in [0, 0.1) is 6.92 Å². The second kappa shape index (κ2) is 8.47. The summed E-state index contributed by atoms with van der Waals surface area (Å²) in [6, 6.07) is 1.71. The van der Waals surface area contributed by atoms with Crippen molar-refractivity contribution in [3.63, 3.8) is 0 Å². The lowest BCUT2D eigenvalue weighted by Crippen LogP contribution is -2.28. The minimum atomic E-state index is -0.145. The van der Waals surface area contributed by atoms with E-state index in [0.717, 1.165) is 31.6 Å². The Labute approximate surface area is 121 Å². The van der Waals surface area contributed by atoms with Gasteiger partial charge in [-0.2, -0.15) is 0 Å². The third kappa shape index (κ3) is 5.97. The van der Waals surface area contributed by atoms with E-state index in [9.17, 15) is 4.79 Å². The number of rotatable bonds is 8. The molecule has 0 unspecified atom stereocenters. The van der Waals surface area contributed by atoms with E-state index < -0.39 is 0 Å². The zero-order valence-corrected chi connectivity index (χ0v) is 12.9. The Morgan fingerprint density at radius 1 is 1.30 bits per heavy atom. The molecule has 0 saturated carbocycles. The molecule has 6 heteroatoms. The van der Waals surface area contributed by atoms with E-state index in [1.165, 1.54) is 0 Å². The van der Waals surface area contributed by atoms with Gasteiger partial charge in [-0.25, -0.2) is 9.97 Å². The predicted octanol–water partition coefficient (Wildman–Crippen LogP) is 1.29. The van der Waals surface area contributed by atoms with Gasteiger partial charge in [-0.15, -0.1) is 0 Å². The predicted molar refractivity (Wildman–Crippen MR) is 81.1 cm³/mol. The largest absolute Gasteiger partial charge is 0.354 e. The Morgan fingerprint density at radius 2 is 2.05 bits per heavy atom. The van der Waals surface area contributed by atoms with E-state index >= 15 is 0 Å². The first-order valence-electron chi connectivity index (χ1n) is 7.05. The quantitative estimate of drug-likeness (QED) is 0.702. The van der Waals surface area contributed by atoms with E-state index in [2.05, 4.69) is 32.4 Å². The Hall–Kier alpha value is -1.69. The molecule has 0 spiro atoms. The molecule has 0 fully saturated rings. The van der Waals surface area contributed by atoms with Crippen LogP contribution in [0.15, 0.2) is 6.07 Å². The van der Waals surface area contributed by atoms with Gasteiger partial charge in [0.25, 0.3) is 5.91 Å². The monoisotopic (exact) mass is 279 g/mol. The number of nitrogens with one attached hydrogen (secondary N) is 2. The SMILES string of the molecule is CCCNc1nc(C)cc(C(=O)NCCCN(C)C)n1. The standard InChI is InChI=1S/C14H25N5O/c1-5-7-16-14-17-11(2)10-12(18-14)13(20)15-8-6-9-19(3)4/h10H,5-9H2,1-4H3,(H,15,20)(H,16,17,18). The molecule has 1 amide bonds. The highest BCUT2D eigenvalue weighted by Crippen LogP contribution is 2.05. The molecule has 6 nitrogen and oxygen atoms in total. The molecule has 0 atom stereocenters. The van der Waals surface area contributed by atoms with Gasteiger partial charge in [0.1, 0.15) is 5.69 Å². The van der Waals surface area contributed by atoms with Crippen LogP contribution >= 0.6 is 0 Å². The van der Waals surface area contributed by atoms with Crippen molar-refractivity contribution in [2.24, 2.45) is 0 Å². The topological polar surface area (TPSA) is 70.2 Å². The first kappa shape index (κ1) is 16.4. The molecule has 0 saturated heterocycles. The third-order valence-electron chi connectivity index (χ3n) is 2.69. The lowest BCUT2D eigenvalue weighted by molar-refractivity contribution is 0.0947. The van der Waals surface area contributed by atoms with Crippen molar-refractivity contribution in [3.05, 3.63) is 17.5 Å². The van der Waals surface area contributed by atoms with Crippen LogP contribution in [0.5, 0.6) is 0 Å². The number of hydrogen-bond donors (Lipinski definition) is 2. The maximum atomic E-state index is 12.0. The van der Waals surface area contributed by atoms with Crippen LogP contribution in [0.25, 0.3) is 0 Å². The lowest BCUT2D eigenvalue weighted by Gasteiger charge is -2.10. The van der Waals surface area contributed by atoms with Crippen molar-refractivity contribution in [1.29, 1.82) is 0 Å². The molecule has 0 aliphatic rings. The zero-order chi connectivity index (χ0) is 15.0. The summed E-state index contributed by atoms with van der Waals surface area (Å²) in [5, 5.41) is 5.98. The fourth-order valence-corrected chi connectivity index (χ4v) is 1.69. The molecular weight excluding hydrogens is 254 g/mol. The number of carbonyl (C=O) groups is 1. The minimum Gasteiger partial charge on any atom is -0.354 e. The summed E-state index contributed by atoms with van der Waals surface area (Å²) in [5.41, 5.74) is 1.21. The van der Waals surface area contributed by atoms with Gasteiger partial charge in [0.05, 0.1) is 0 Å². The van der Waals surface area contributed by atoms with Crippen molar-refractivity contribution in [3.8, 4) is 0 Å². The van der Waals surface area contributed by atoms with E-state index in [1.807, 2.05) is 21.0 Å². The van der Waals surface area contributed by atoms with Crippen molar-refractivity contribution in [2.75, 3.05) is 39.0 Å². The molecular formula is C14H25N5O. The fourth-order valence-electron chi connectivity index (χ4n) is 1.69. The Balaban J connectivity index is 2.56. The summed E-state index contributed by atoms with van der Waals surface area (Å²) in [6.07, 6.45) is 1.91. The van der Waals surface area contributed by atoms with Gasteiger partial charge in [-0.1, -0.05) is 6.92 Å². The van der Waals surface area contributed by atoms with Crippen LogP contribution < -0.4 is 10.6 Å². The Kier molecular flexibility index (Phi) is 6.93. The highest BCUT2D eigenvalue weighted by molar-refractivity contribution is 5.92. The van der Waals surface area contributed by atoms with Gasteiger partial charge in [0.15, 0.2) is 0 Å². The van der Waals surface area contributed by atoms with E-state index in [1.54, 1.807) is 6.07 Å². The van der Waals surface area contributed by atoms with E-state index in [-0.39, 0.29) is 5.91 Å². The van der Waals surface area contributed by atoms with Crippen molar-refractivity contribution in [1.82, 2.24) is 20.2 Å². The summed E-state index contributed by atoms with van der Waals surface area (Å²) in [5.74, 6) is 0.374. The summed E-state index contributed by atoms with van der Waals surface area (Å²) in [6.45, 7) is 6.33. The van der Waals surface area contributed by atoms with Crippen LogP contribution in [-0.4, -0.2) is 54.5 Å². The number of anilines is 1. The van der Waals surface area contributed by atoms with Crippen LogP contribution in [0.2, 0.25) is 0 Å². The Morgan fingerprint density at radius 3 is 2.70 bits per heavy atom. The van der Waals surface area contributed by atoms with E-state index in [0.29, 0.717) is 18.2 Å².